The number of hydrogen-bond acceptors (Lipinski definition) is 5. The zero-order chi connectivity index (χ0) is 18.3. The van der Waals surface area contributed by atoms with Gasteiger partial charge in [-0.25, -0.2) is 0 Å². The standard InChI is InChI=1S/C20H22O5/c1-10(2)7-14-8-13-9-15(20(14)25-12(4)22)19-17(24-11(3)21)6-5-16(23)18(13)19/h5-8,13,15,20,23H,9H2,1-4H3/t13?,15?,20-/m1/s1. The highest BCUT2D eigenvalue weighted by molar-refractivity contribution is 5.72. The smallest absolute Gasteiger partial charge is 0.308 e. The Morgan fingerprint density at radius 1 is 1.12 bits per heavy atom. The van der Waals surface area contributed by atoms with Crippen LogP contribution in [0.15, 0.2) is 35.4 Å². The Labute approximate surface area is 146 Å². The van der Waals surface area contributed by atoms with Gasteiger partial charge in [0, 0.05) is 36.8 Å². The Morgan fingerprint density at radius 3 is 2.44 bits per heavy atom. The third-order valence-corrected chi connectivity index (χ3v) is 4.56. The molecule has 0 heterocycles. The van der Waals surface area contributed by atoms with Crippen molar-refractivity contribution in [1.29, 1.82) is 0 Å². The van der Waals surface area contributed by atoms with Crippen LogP contribution in [0.4, 0.5) is 0 Å². The summed E-state index contributed by atoms with van der Waals surface area (Å²) < 4.78 is 11.0. The van der Waals surface area contributed by atoms with Crippen molar-refractivity contribution in [1.82, 2.24) is 0 Å². The molecule has 25 heavy (non-hydrogen) atoms. The van der Waals surface area contributed by atoms with Crippen LogP contribution in [0.1, 0.15) is 57.1 Å². The number of hydrogen-bond donors (Lipinski definition) is 1. The van der Waals surface area contributed by atoms with Gasteiger partial charge in [0.15, 0.2) is 0 Å². The molecule has 0 fully saturated rings. The highest BCUT2D eigenvalue weighted by Crippen LogP contribution is 2.56. The van der Waals surface area contributed by atoms with Crippen molar-refractivity contribution in [2.75, 3.05) is 0 Å². The van der Waals surface area contributed by atoms with E-state index in [9.17, 15) is 14.7 Å². The van der Waals surface area contributed by atoms with Crippen molar-refractivity contribution in [2.24, 2.45) is 0 Å². The highest BCUT2D eigenvalue weighted by atomic mass is 16.5. The maximum atomic E-state index is 11.7. The monoisotopic (exact) mass is 342 g/mol. The number of rotatable bonds is 3. The molecule has 0 radical (unpaired) electrons. The number of allylic oxidation sites excluding steroid dienone is 2. The van der Waals surface area contributed by atoms with E-state index in [1.807, 2.05) is 26.0 Å². The number of phenolic OH excluding ortho intramolecular Hbond substituents is 1. The number of fused-ring (bicyclic) bond motifs is 5. The fourth-order valence-corrected chi connectivity index (χ4v) is 3.91. The van der Waals surface area contributed by atoms with E-state index < -0.39 is 12.1 Å². The van der Waals surface area contributed by atoms with Gasteiger partial charge in [-0.05, 0) is 38.0 Å². The first kappa shape index (κ1) is 17.3. The van der Waals surface area contributed by atoms with Crippen LogP contribution in [0.25, 0.3) is 0 Å². The van der Waals surface area contributed by atoms with Crippen LogP contribution in [0.5, 0.6) is 11.5 Å². The first-order valence-electron chi connectivity index (χ1n) is 8.36. The lowest BCUT2D eigenvalue weighted by Crippen LogP contribution is -2.27. The van der Waals surface area contributed by atoms with Crippen LogP contribution < -0.4 is 4.74 Å². The number of carbonyl (C=O) groups excluding carboxylic acids is 2. The molecule has 2 unspecified atom stereocenters. The maximum Gasteiger partial charge on any atom is 0.308 e. The molecule has 2 aliphatic rings. The van der Waals surface area contributed by atoms with E-state index in [0.717, 1.165) is 22.3 Å². The lowest BCUT2D eigenvalue weighted by Gasteiger charge is -2.29. The van der Waals surface area contributed by atoms with Crippen molar-refractivity contribution in [3.63, 3.8) is 0 Å². The summed E-state index contributed by atoms with van der Waals surface area (Å²) >= 11 is 0. The molecule has 1 aromatic carbocycles. The molecule has 132 valence electrons. The quantitative estimate of drug-likeness (QED) is 0.669. The van der Waals surface area contributed by atoms with Crippen molar-refractivity contribution >= 4 is 11.9 Å². The second-order valence-corrected chi connectivity index (χ2v) is 6.87. The number of esters is 2. The number of carbonyl (C=O) groups is 2. The molecule has 0 aromatic heterocycles. The van der Waals surface area contributed by atoms with Gasteiger partial charge in [-0.3, -0.25) is 9.59 Å². The molecule has 3 rings (SSSR count). The zero-order valence-corrected chi connectivity index (χ0v) is 14.8. The Balaban J connectivity index is 2.15. The molecule has 0 spiro atoms. The maximum absolute atomic E-state index is 11.7. The summed E-state index contributed by atoms with van der Waals surface area (Å²) in [6, 6.07) is 3.15. The Morgan fingerprint density at radius 2 is 1.84 bits per heavy atom. The third kappa shape index (κ3) is 3.18. The van der Waals surface area contributed by atoms with Crippen LogP contribution in [0.3, 0.4) is 0 Å². The lowest BCUT2D eigenvalue weighted by molar-refractivity contribution is -0.145. The average Bonchev–Trinajstić information content (AvgIpc) is 2.81. The van der Waals surface area contributed by atoms with Crippen LogP contribution in [-0.2, 0) is 14.3 Å². The largest absolute Gasteiger partial charge is 0.508 e. The molecule has 0 saturated carbocycles. The van der Waals surface area contributed by atoms with E-state index in [2.05, 4.69) is 0 Å². The predicted molar refractivity (Wildman–Crippen MR) is 92.6 cm³/mol. The minimum Gasteiger partial charge on any atom is -0.508 e. The molecular formula is C20H22O5. The molecule has 0 aliphatic heterocycles. The van der Waals surface area contributed by atoms with Gasteiger partial charge in [0.1, 0.15) is 17.6 Å². The van der Waals surface area contributed by atoms with Gasteiger partial charge >= 0.3 is 11.9 Å². The molecule has 2 aliphatic carbocycles. The van der Waals surface area contributed by atoms with Gasteiger partial charge < -0.3 is 14.6 Å². The van der Waals surface area contributed by atoms with Gasteiger partial charge in [-0.15, -0.1) is 0 Å². The van der Waals surface area contributed by atoms with Crippen molar-refractivity contribution in [3.8, 4) is 11.5 Å². The molecular weight excluding hydrogens is 320 g/mol. The first-order valence-corrected chi connectivity index (χ1v) is 8.36. The van der Waals surface area contributed by atoms with E-state index >= 15 is 0 Å². The number of aromatic hydroxyl groups is 1. The fourth-order valence-electron chi connectivity index (χ4n) is 3.91. The zero-order valence-electron chi connectivity index (χ0n) is 14.8. The van der Waals surface area contributed by atoms with Crippen molar-refractivity contribution < 1.29 is 24.2 Å². The van der Waals surface area contributed by atoms with E-state index in [1.54, 1.807) is 12.1 Å². The fraction of sp³-hybridized carbons (Fsp3) is 0.400. The Kier molecular flexibility index (Phi) is 4.41. The predicted octanol–water partition coefficient (Wildman–Crippen LogP) is 3.73. The molecule has 1 aromatic rings. The summed E-state index contributed by atoms with van der Waals surface area (Å²) in [7, 11) is 0. The summed E-state index contributed by atoms with van der Waals surface area (Å²) in [5, 5.41) is 10.4. The van der Waals surface area contributed by atoms with E-state index in [-0.39, 0.29) is 23.6 Å². The van der Waals surface area contributed by atoms with Gasteiger partial charge in [0.25, 0.3) is 0 Å². The molecule has 5 heteroatoms. The summed E-state index contributed by atoms with van der Waals surface area (Å²) in [5.74, 6) is -0.324. The molecule has 0 amide bonds. The molecule has 3 atom stereocenters. The summed E-state index contributed by atoms with van der Waals surface area (Å²) in [4.78, 5) is 23.1. The van der Waals surface area contributed by atoms with Crippen molar-refractivity contribution in [2.45, 2.75) is 52.1 Å². The molecule has 1 N–H and O–H groups in total. The van der Waals surface area contributed by atoms with Gasteiger partial charge in [-0.1, -0.05) is 17.7 Å². The van der Waals surface area contributed by atoms with Gasteiger partial charge in [0.2, 0.25) is 0 Å². The second kappa shape index (κ2) is 6.39. The lowest BCUT2D eigenvalue weighted by atomic mass is 9.83. The number of benzene rings is 1. The van der Waals surface area contributed by atoms with Crippen LogP contribution in [0.2, 0.25) is 0 Å². The normalized spacial score (nSPS) is 23.4. The number of phenols is 1. The van der Waals surface area contributed by atoms with Crippen LogP contribution >= 0.6 is 0 Å². The van der Waals surface area contributed by atoms with E-state index in [1.165, 1.54) is 13.8 Å². The summed E-state index contributed by atoms with van der Waals surface area (Å²) in [6.45, 7) is 6.70. The average molecular weight is 342 g/mol. The topological polar surface area (TPSA) is 72.8 Å². The number of ether oxygens (including phenoxy) is 2. The summed E-state index contributed by atoms with van der Waals surface area (Å²) in [6.07, 6.45) is 4.29. The second-order valence-electron chi connectivity index (χ2n) is 6.87. The Bertz CT molecular complexity index is 799. The van der Waals surface area contributed by atoms with Gasteiger partial charge in [0.05, 0.1) is 0 Å². The van der Waals surface area contributed by atoms with E-state index in [4.69, 9.17) is 9.47 Å². The third-order valence-electron chi connectivity index (χ3n) is 4.56. The van der Waals surface area contributed by atoms with Gasteiger partial charge in [-0.2, -0.15) is 0 Å². The minimum atomic E-state index is -0.457. The van der Waals surface area contributed by atoms with Crippen LogP contribution in [-0.4, -0.2) is 23.1 Å². The minimum absolute atomic E-state index is 0.00733. The Hall–Kier alpha value is -2.56. The van der Waals surface area contributed by atoms with E-state index in [0.29, 0.717) is 12.2 Å². The molecule has 5 nitrogen and oxygen atoms in total. The SMILES string of the molecule is CC(=O)Oc1ccc(O)c2c1C1CC2C=C(C=C(C)C)[C@H]1OC(C)=O. The first-order chi connectivity index (χ1) is 11.8. The van der Waals surface area contributed by atoms with Crippen LogP contribution in [0, 0.1) is 0 Å². The highest BCUT2D eigenvalue weighted by Gasteiger charge is 2.45. The molecule has 0 saturated heterocycles. The summed E-state index contributed by atoms with van der Waals surface area (Å²) in [5.41, 5.74) is 3.54. The molecule has 2 bridgehead atoms. The van der Waals surface area contributed by atoms with Crippen molar-refractivity contribution in [3.05, 3.63) is 46.6 Å².